The molecule has 4 nitrogen and oxygen atoms in total. The summed E-state index contributed by atoms with van der Waals surface area (Å²) in [5, 5.41) is 0. The fraction of sp³-hybridized carbons (Fsp3) is 1.00. The minimum Gasteiger partial charge on any atom is -0.373 e. The molecule has 0 aromatic heterocycles. The Hall–Kier alpha value is -0.0300. The first kappa shape index (κ1) is 13.0. The number of hydrogen-bond donors (Lipinski definition) is 0. The molecule has 1 aliphatic rings. The normalized spacial score (nSPS) is 21.7. The Morgan fingerprint density at radius 2 is 1.87 bits per heavy atom. The van der Waals surface area contributed by atoms with Gasteiger partial charge in [0.25, 0.3) is 0 Å². The first-order valence-corrected chi connectivity index (χ1v) is 6.38. The molecule has 1 heterocycles. The van der Waals surface area contributed by atoms with Gasteiger partial charge in [0.15, 0.2) is 0 Å². The Morgan fingerprint density at radius 1 is 1.40 bits per heavy atom. The van der Waals surface area contributed by atoms with E-state index in [1.807, 2.05) is 0 Å². The number of epoxide rings is 1. The van der Waals surface area contributed by atoms with E-state index in [4.69, 9.17) is 0 Å². The van der Waals surface area contributed by atoms with Crippen LogP contribution in [0.15, 0.2) is 0 Å². The smallest absolute Gasteiger partial charge is 0.373 e. The highest BCUT2D eigenvalue weighted by molar-refractivity contribution is 7.55. The molecule has 0 unspecified atom stereocenters. The average molecular weight is 244 g/mol. The molecule has 1 rings (SSSR count). The van der Waals surface area contributed by atoms with Crippen molar-refractivity contribution in [3.8, 4) is 0 Å². The van der Waals surface area contributed by atoms with Crippen LogP contribution in [0, 0.1) is 0 Å². The number of hydrogen-bond acceptors (Lipinski definition) is 4. The first-order chi connectivity index (χ1) is 6.95. The third-order valence-corrected chi connectivity index (χ3v) is 4.05. The quantitative estimate of drug-likeness (QED) is 0.510. The molecule has 0 aromatic carbocycles. The Bertz CT molecular complexity index is 245. The maximum absolute atomic E-state index is 13.5. The molecule has 1 aliphatic heterocycles. The van der Waals surface area contributed by atoms with Gasteiger partial charge in [0.05, 0.1) is 32.3 Å². The number of halogens is 2. The molecule has 15 heavy (non-hydrogen) atoms. The van der Waals surface area contributed by atoms with Crippen LogP contribution in [-0.2, 0) is 18.3 Å². The van der Waals surface area contributed by atoms with E-state index in [-0.39, 0.29) is 19.8 Å². The summed E-state index contributed by atoms with van der Waals surface area (Å²) in [5.41, 5.74) is -3.47. The van der Waals surface area contributed by atoms with Gasteiger partial charge in [-0.2, -0.15) is 8.78 Å². The summed E-state index contributed by atoms with van der Waals surface area (Å²) in [5.74, 6) is 0. The van der Waals surface area contributed by atoms with E-state index >= 15 is 0 Å². The predicted molar refractivity (Wildman–Crippen MR) is 50.2 cm³/mol. The lowest BCUT2D eigenvalue weighted by atomic mass is 10.3. The number of ether oxygens (including phenoxy) is 1. The van der Waals surface area contributed by atoms with E-state index in [2.05, 4.69) is 13.8 Å². The molecule has 0 aliphatic carbocycles. The Labute approximate surface area is 87.4 Å². The third-order valence-electron chi connectivity index (χ3n) is 1.87. The highest BCUT2D eigenvalue weighted by Gasteiger charge is 2.55. The topological polar surface area (TPSA) is 48.1 Å². The Kier molecular flexibility index (Phi) is 4.23. The molecule has 0 amide bonds. The lowest BCUT2D eigenvalue weighted by Crippen LogP contribution is -2.22. The van der Waals surface area contributed by atoms with E-state index < -0.39 is 25.8 Å². The van der Waals surface area contributed by atoms with Gasteiger partial charge in [-0.05, 0) is 13.8 Å². The molecular weight excluding hydrogens is 229 g/mol. The second kappa shape index (κ2) is 4.87. The third kappa shape index (κ3) is 3.21. The second-order valence-corrected chi connectivity index (χ2v) is 5.32. The van der Waals surface area contributed by atoms with E-state index in [1.165, 1.54) is 13.8 Å². The van der Waals surface area contributed by atoms with Crippen molar-refractivity contribution < 1.29 is 27.1 Å². The van der Waals surface area contributed by atoms with Crippen LogP contribution in [0.1, 0.15) is 20.3 Å². The zero-order chi connectivity index (χ0) is 11.5. The van der Waals surface area contributed by atoms with Gasteiger partial charge in [0.2, 0.25) is 0 Å². The highest BCUT2D eigenvalue weighted by atomic mass is 31.2. The van der Waals surface area contributed by atoms with Crippen molar-refractivity contribution in [2.45, 2.75) is 32.0 Å². The van der Waals surface area contributed by atoms with Gasteiger partial charge in [-0.1, -0.05) is 0 Å². The largest absolute Gasteiger partial charge is 0.399 e. The van der Waals surface area contributed by atoms with Gasteiger partial charge in [-0.15, -0.1) is 0 Å². The molecule has 0 radical (unpaired) electrons. The van der Waals surface area contributed by atoms with Gasteiger partial charge < -0.3 is 13.8 Å². The van der Waals surface area contributed by atoms with Crippen LogP contribution in [0.5, 0.6) is 0 Å². The molecule has 1 saturated heterocycles. The summed E-state index contributed by atoms with van der Waals surface area (Å²) in [7, 11) is -4.35. The fourth-order valence-electron chi connectivity index (χ4n) is 1.14. The van der Waals surface area contributed by atoms with E-state index in [9.17, 15) is 13.3 Å². The van der Waals surface area contributed by atoms with Crippen LogP contribution in [0.4, 0.5) is 8.78 Å². The molecule has 0 aromatic rings. The van der Waals surface area contributed by atoms with E-state index in [1.54, 1.807) is 0 Å². The van der Waals surface area contributed by atoms with Gasteiger partial charge in [-0.3, -0.25) is 4.57 Å². The van der Waals surface area contributed by atoms with Gasteiger partial charge in [0, 0.05) is 0 Å². The summed E-state index contributed by atoms with van der Waals surface area (Å²) < 4.78 is 52.7. The molecule has 0 N–H and O–H groups in total. The number of rotatable bonds is 7. The van der Waals surface area contributed by atoms with Crippen molar-refractivity contribution in [3.63, 3.8) is 0 Å². The molecular formula is C8H15F2O4P. The van der Waals surface area contributed by atoms with Crippen LogP contribution >= 0.6 is 7.60 Å². The summed E-state index contributed by atoms with van der Waals surface area (Å²) in [4.78, 5) is 0. The summed E-state index contributed by atoms with van der Waals surface area (Å²) in [6.07, 6.45) is -1.13. The van der Waals surface area contributed by atoms with E-state index in [0.29, 0.717) is 0 Å². The highest BCUT2D eigenvalue weighted by Crippen LogP contribution is 2.64. The lowest BCUT2D eigenvalue weighted by molar-refractivity contribution is 0.0255. The van der Waals surface area contributed by atoms with Crippen LogP contribution in [0.3, 0.4) is 0 Å². The van der Waals surface area contributed by atoms with Crippen LogP contribution in [0.25, 0.3) is 0 Å². The molecule has 0 saturated carbocycles. The minimum atomic E-state index is -4.35. The van der Waals surface area contributed by atoms with Crippen LogP contribution in [0.2, 0.25) is 0 Å². The standard InChI is InChI=1S/C8H15F2O4P/c1-3-13-15(11,14-4-2)8(9,10)5-7-6-12-7/h7H,3-6H2,1-2H3/t7-/m0/s1. The monoisotopic (exact) mass is 244 g/mol. The number of alkyl halides is 2. The maximum atomic E-state index is 13.5. The average Bonchev–Trinajstić information content (AvgIpc) is 2.88. The molecule has 1 atom stereocenters. The molecule has 0 spiro atoms. The van der Waals surface area contributed by atoms with Crippen molar-refractivity contribution in [2.75, 3.05) is 19.8 Å². The zero-order valence-corrected chi connectivity index (χ0v) is 9.64. The second-order valence-electron chi connectivity index (χ2n) is 3.16. The summed E-state index contributed by atoms with van der Waals surface area (Å²) >= 11 is 0. The van der Waals surface area contributed by atoms with Crippen LogP contribution < -0.4 is 0 Å². The molecule has 90 valence electrons. The van der Waals surface area contributed by atoms with E-state index in [0.717, 1.165) is 0 Å². The Balaban J connectivity index is 2.70. The van der Waals surface area contributed by atoms with Gasteiger partial charge >= 0.3 is 13.3 Å². The van der Waals surface area contributed by atoms with Crippen molar-refractivity contribution in [2.24, 2.45) is 0 Å². The van der Waals surface area contributed by atoms with Crippen molar-refractivity contribution >= 4 is 7.60 Å². The van der Waals surface area contributed by atoms with Crippen molar-refractivity contribution in [1.29, 1.82) is 0 Å². The predicted octanol–water partition coefficient (Wildman–Crippen LogP) is 2.63. The molecule has 7 heteroatoms. The van der Waals surface area contributed by atoms with Crippen molar-refractivity contribution in [1.82, 2.24) is 0 Å². The summed E-state index contributed by atoms with van der Waals surface area (Å²) in [6, 6.07) is 0. The molecule has 1 fully saturated rings. The zero-order valence-electron chi connectivity index (χ0n) is 8.74. The molecule has 0 bridgehead atoms. The van der Waals surface area contributed by atoms with Gasteiger partial charge in [-0.25, -0.2) is 0 Å². The summed E-state index contributed by atoms with van der Waals surface area (Å²) in [6.45, 7) is 3.13. The lowest BCUT2D eigenvalue weighted by Gasteiger charge is -2.25. The van der Waals surface area contributed by atoms with Gasteiger partial charge in [0.1, 0.15) is 0 Å². The maximum Gasteiger partial charge on any atom is 0.399 e. The Morgan fingerprint density at radius 3 is 2.20 bits per heavy atom. The minimum absolute atomic E-state index is 0.0710. The SMILES string of the molecule is CCOP(=O)(OCC)C(F)(F)C[C@H]1CO1. The van der Waals surface area contributed by atoms with Crippen LogP contribution in [-0.4, -0.2) is 31.6 Å². The fourth-order valence-corrected chi connectivity index (χ4v) is 2.70. The van der Waals surface area contributed by atoms with Crippen molar-refractivity contribution in [3.05, 3.63) is 0 Å². The first-order valence-electron chi connectivity index (χ1n) is 4.84.